The van der Waals surface area contributed by atoms with Crippen molar-refractivity contribution >= 4 is 46.4 Å². The summed E-state index contributed by atoms with van der Waals surface area (Å²) in [5.41, 5.74) is 6.21. The van der Waals surface area contributed by atoms with Crippen LogP contribution < -0.4 is 19.9 Å². The lowest BCUT2D eigenvalue weighted by Gasteiger charge is -2.28. The second-order valence-corrected chi connectivity index (χ2v) is 14.7. The molecular formula is C47H36N4O6. The zero-order chi connectivity index (χ0) is 38.6. The molecule has 0 bridgehead atoms. The smallest absolute Gasteiger partial charge is 0.266 e. The van der Waals surface area contributed by atoms with Crippen LogP contribution in [0.4, 0.5) is 22.7 Å². The molecule has 4 aliphatic heterocycles. The first-order chi connectivity index (χ1) is 28.0. The number of benzene rings is 6. The highest BCUT2D eigenvalue weighted by atomic mass is 16.7. The number of hydrogen-bond donors (Lipinski definition) is 0. The lowest BCUT2D eigenvalue weighted by Crippen LogP contribution is -2.37. The normalized spacial score (nSPS) is 24.1. The Kier molecular flexibility index (Phi) is 8.50. The van der Waals surface area contributed by atoms with E-state index in [1.54, 1.807) is 34.4 Å². The first-order valence-corrected chi connectivity index (χ1v) is 19.0. The molecule has 4 heterocycles. The summed E-state index contributed by atoms with van der Waals surface area (Å²) in [7, 11) is 0. The Morgan fingerprint density at radius 3 is 1.05 bits per heavy atom. The van der Waals surface area contributed by atoms with Gasteiger partial charge in [0.25, 0.3) is 11.8 Å². The summed E-state index contributed by atoms with van der Waals surface area (Å²) >= 11 is 0. The Morgan fingerprint density at radius 1 is 0.368 bits per heavy atom. The van der Waals surface area contributed by atoms with Crippen LogP contribution >= 0.6 is 0 Å². The number of imide groups is 2. The van der Waals surface area contributed by atoms with E-state index in [9.17, 15) is 19.2 Å². The minimum absolute atomic E-state index is 0.302. The van der Waals surface area contributed by atoms with Gasteiger partial charge in [0.1, 0.15) is 11.8 Å². The van der Waals surface area contributed by atoms with Gasteiger partial charge < -0.3 is 0 Å². The van der Waals surface area contributed by atoms with Crippen LogP contribution in [0, 0.1) is 11.8 Å². The van der Waals surface area contributed by atoms with Gasteiger partial charge in [-0.1, -0.05) is 121 Å². The zero-order valence-corrected chi connectivity index (χ0v) is 30.6. The Balaban J connectivity index is 0.846. The average Bonchev–Trinajstić information content (AvgIpc) is 3.98. The van der Waals surface area contributed by atoms with E-state index >= 15 is 0 Å². The largest absolute Gasteiger partial charge is 0.273 e. The molecule has 6 atom stereocenters. The summed E-state index contributed by atoms with van der Waals surface area (Å²) in [5, 5.41) is 3.39. The summed E-state index contributed by atoms with van der Waals surface area (Å²) in [6, 6.07) is 52.2. The topological polar surface area (TPSA) is 99.7 Å². The van der Waals surface area contributed by atoms with E-state index in [-0.39, 0.29) is 11.8 Å². The van der Waals surface area contributed by atoms with Gasteiger partial charge in [0.15, 0.2) is 12.2 Å². The highest BCUT2D eigenvalue weighted by Crippen LogP contribution is 2.49. The second-order valence-electron chi connectivity index (χ2n) is 14.7. The molecule has 4 fully saturated rings. The van der Waals surface area contributed by atoms with Crippen LogP contribution in [0.2, 0.25) is 0 Å². The summed E-state index contributed by atoms with van der Waals surface area (Å²) in [6.45, 7) is 0. The molecule has 0 N–H and O–H groups in total. The number of nitrogens with zero attached hydrogens (tertiary/aromatic N) is 4. The molecule has 0 aliphatic carbocycles. The molecule has 0 saturated carbocycles. The van der Waals surface area contributed by atoms with Crippen LogP contribution in [0.15, 0.2) is 170 Å². The quantitative estimate of drug-likeness (QED) is 0.149. The molecule has 2 unspecified atom stereocenters. The van der Waals surface area contributed by atoms with Crippen molar-refractivity contribution in [3.05, 3.63) is 192 Å². The van der Waals surface area contributed by atoms with Crippen molar-refractivity contribution in [1.29, 1.82) is 0 Å². The fourth-order valence-electron chi connectivity index (χ4n) is 8.68. The first-order valence-electron chi connectivity index (χ1n) is 19.0. The Bertz CT molecular complexity index is 2290. The van der Waals surface area contributed by atoms with Crippen molar-refractivity contribution in [2.24, 2.45) is 11.8 Å². The minimum Gasteiger partial charge on any atom is -0.273 e. The van der Waals surface area contributed by atoms with Crippen molar-refractivity contribution in [2.75, 3.05) is 19.9 Å². The Morgan fingerprint density at radius 2 is 0.702 bits per heavy atom. The predicted molar refractivity (Wildman–Crippen MR) is 214 cm³/mol. The van der Waals surface area contributed by atoms with Gasteiger partial charge in [-0.15, -0.1) is 0 Å². The van der Waals surface area contributed by atoms with E-state index in [1.807, 2.05) is 146 Å². The molecule has 280 valence electrons. The van der Waals surface area contributed by atoms with Crippen LogP contribution in [-0.4, -0.2) is 35.8 Å². The van der Waals surface area contributed by atoms with Crippen LogP contribution in [-0.2, 0) is 35.3 Å². The van der Waals surface area contributed by atoms with Gasteiger partial charge in [-0.25, -0.2) is 19.9 Å². The van der Waals surface area contributed by atoms with Gasteiger partial charge in [0, 0.05) is 0 Å². The number of fused-ring (bicyclic) bond motifs is 2. The molecule has 4 aliphatic rings. The lowest BCUT2D eigenvalue weighted by atomic mass is 9.90. The maximum absolute atomic E-state index is 14.1. The number of amides is 4. The Labute approximate surface area is 329 Å². The molecule has 0 aromatic heterocycles. The number of carbonyl (C=O) groups is 4. The molecule has 4 amide bonds. The molecule has 10 heteroatoms. The minimum atomic E-state index is -0.950. The Hall–Kier alpha value is -6.88. The number of para-hydroxylation sites is 2. The van der Waals surface area contributed by atoms with E-state index in [0.29, 0.717) is 17.8 Å². The van der Waals surface area contributed by atoms with Crippen molar-refractivity contribution < 1.29 is 28.9 Å². The molecule has 6 aromatic carbocycles. The van der Waals surface area contributed by atoms with Crippen molar-refractivity contribution in [2.45, 2.75) is 30.7 Å². The third-order valence-electron chi connectivity index (χ3n) is 11.3. The third kappa shape index (κ3) is 5.80. The van der Waals surface area contributed by atoms with Gasteiger partial charge in [0.05, 0.1) is 34.8 Å². The number of hydroxylamine groups is 2. The maximum atomic E-state index is 14.1. The van der Waals surface area contributed by atoms with Gasteiger partial charge >= 0.3 is 0 Å². The van der Waals surface area contributed by atoms with E-state index in [2.05, 4.69) is 0 Å². The highest BCUT2D eigenvalue weighted by molar-refractivity contribution is 6.24. The second kappa shape index (κ2) is 14.0. The predicted octanol–water partition coefficient (Wildman–Crippen LogP) is 7.38. The monoisotopic (exact) mass is 752 g/mol. The summed E-state index contributed by atoms with van der Waals surface area (Å²) in [6.07, 6.45) is -1.35. The van der Waals surface area contributed by atoms with Crippen LogP contribution in [0.3, 0.4) is 0 Å². The van der Waals surface area contributed by atoms with E-state index in [0.717, 1.165) is 33.6 Å². The van der Waals surface area contributed by atoms with Crippen LogP contribution in [0.1, 0.15) is 34.3 Å². The highest BCUT2D eigenvalue weighted by Gasteiger charge is 2.61. The molecule has 10 nitrogen and oxygen atoms in total. The third-order valence-corrected chi connectivity index (χ3v) is 11.3. The van der Waals surface area contributed by atoms with Crippen LogP contribution in [0.25, 0.3) is 0 Å². The lowest BCUT2D eigenvalue weighted by molar-refractivity contribution is -0.127. The fourth-order valence-corrected chi connectivity index (χ4v) is 8.68. The van der Waals surface area contributed by atoms with Crippen molar-refractivity contribution in [1.82, 2.24) is 0 Å². The zero-order valence-electron chi connectivity index (χ0n) is 30.6. The molecule has 0 spiro atoms. The maximum Gasteiger partial charge on any atom is 0.266 e. The van der Waals surface area contributed by atoms with E-state index in [1.165, 1.54) is 9.80 Å². The SMILES string of the molecule is O=C1[C@H]2ON(c3ccccc3)C(c3ccccc3)[C@H]2C(=O)N1c1ccc(Cc2ccc(N3C(=O)[C@@H]4ON(c5ccccc5)C(c5ccccc5)[C@@H]4C3=O)cc2)cc1. The van der Waals surface area contributed by atoms with Crippen LogP contribution in [0.5, 0.6) is 0 Å². The van der Waals surface area contributed by atoms with Gasteiger partial charge in [-0.3, -0.25) is 28.9 Å². The molecule has 57 heavy (non-hydrogen) atoms. The summed E-state index contributed by atoms with van der Waals surface area (Å²) in [4.78, 5) is 70.9. The fraction of sp³-hybridized carbons (Fsp3) is 0.149. The standard InChI is InChI=1S/C47H36N4O6/c52-44-38-40(32-13-5-1-6-14-32)50(36-17-9-3-10-18-36)56-42(38)46(54)48(44)34-25-21-30(22-26-34)29-31-23-27-35(28-24-31)49-45(53)39-41(33-15-7-2-8-16-33)51(57-43(39)47(49)55)37-19-11-4-12-20-37/h1-28,38-43H,29H2/t38-,39+,40?,41?,42+,43-. The van der Waals surface area contributed by atoms with E-state index < -0.39 is 47.9 Å². The molecule has 6 aromatic rings. The van der Waals surface area contributed by atoms with Crippen molar-refractivity contribution in [3.8, 4) is 0 Å². The number of carbonyl (C=O) groups excluding carboxylic acids is 4. The van der Waals surface area contributed by atoms with Crippen molar-refractivity contribution in [3.63, 3.8) is 0 Å². The van der Waals surface area contributed by atoms with Gasteiger partial charge in [0.2, 0.25) is 11.8 Å². The summed E-state index contributed by atoms with van der Waals surface area (Å²) in [5.74, 6) is -2.82. The van der Waals surface area contributed by atoms with Gasteiger partial charge in [-0.2, -0.15) is 0 Å². The number of hydrogen-bond acceptors (Lipinski definition) is 8. The molecular weight excluding hydrogens is 717 g/mol. The molecule has 0 radical (unpaired) electrons. The average molecular weight is 753 g/mol. The molecule has 10 rings (SSSR count). The summed E-state index contributed by atoms with van der Waals surface area (Å²) < 4.78 is 0. The number of anilines is 4. The first kappa shape index (κ1) is 34.6. The number of rotatable bonds is 8. The van der Waals surface area contributed by atoms with E-state index in [4.69, 9.17) is 9.68 Å². The molecule has 4 saturated heterocycles. The van der Waals surface area contributed by atoms with Gasteiger partial charge in [-0.05, 0) is 77.2 Å².